The molecule has 46 valence electrons. The van der Waals surface area contributed by atoms with Crippen molar-refractivity contribution in [1.29, 1.82) is 0 Å². The zero-order valence-electron chi connectivity index (χ0n) is 4.67. The maximum absolute atomic E-state index is 10.3. The number of hydrogen-bond donors (Lipinski definition) is 0. The topological polar surface area (TPSA) is 23.1 Å². The van der Waals surface area contributed by atoms with Crippen LogP contribution in [-0.2, 0) is 21.7 Å². The summed E-state index contributed by atoms with van der Waals surface area (Å²) in [5, 5.41) is 10.3. The largest absolute Gasteiger partial charge is 2.00 e. The van der Waals surface area contributed by atoms with E-state index in [0.29, 0.717) is 0 Å². The molecule has 3 heteroatoms. The van der Waals surface area contributed by atoms with Gasteiger partial charge in [0.1, 0.15) is 0 Å². The molecular formula is C6H5ClOTi. The van der Waals surface area contributed by atoms with Crippen molar-refractivity contribution < 1.29 is 39.2 Å². The first-order chi connectivity index (χ1) is 3.39. The maximum atomic E-state index is 10.3. The summed E-state index contributed by atoms with van der Waals surface area (Å²) in [5.74, 6) is 0.0718. The number of halogens is 1. The van der Waals surface area contributed by atoms with Gasteiger partial charge in [0, 0.05) is 0 Å². The molecule has 0 bridgehead atoms. The van der Waals surface area contributed by atoms with Gasteiger partial charge in [0.2, 0.25) is 0 Å². The van der Waals surface area contributed by atoms with Crippen molar-refractivity contribution >= 4 is 0 Å². The first-order valence-corrected chi connectivity index (χ1v) is 2.11. The molecule has 0 amide bonds. The fourth-order valence-electron chi connectivity index (χ4n) is 0.420. The molecule has 9 heavy (non-hydrogen) atoms. The fourth-order valence-corrected chi connectivity index (χ4v) is 0.420. The number of hydrogen-bond acceptors (Lipinski definition) is 1. The Bertz CT molecular complexity index is 143. The van der Waals surface area contributed by atoms with Crippen molar-refractivity contribution in [3.63, 3.8) is 0 Å². The van der Waals surface area contributed by atoms with Crippen molar-refractivity contribution in [2.75, 3.05) is 0 Å². The molecule has 0 heterocycles. The zero-order chi connectivity index (χ0) is 5.11. The standard InChI is InChI=1S/C6H6O.ClH.Ti/c7-6-4-2-1-3-5-6;;/h1-5,7H;1H;/q;;+2/p-2. The van der Waals surface area contributed by atoms with Gasteiger partial charge in [0.15, 0.2) is 0 Å². The van der Waals surface area contributed by atoms with Crippen molar-refractivity contribution in [1.82, 2.24) is 0 Å². The van der Waals surface area contributed by atoms with Crippen LogP contribution in [0.2, 0.25) is 0 Å². The van der Waals surface area contributed by atoms with Gasteiger partial charge in [-0.15, -0.1) is 5.75 Å². The van der Waals surface area contributed by atoms with Crippen LogP contribution in [0.15, 0.2) is 30.3 Å². The third-order valence-electron chi connectivity index (χ3n) is 0.743. The third-order valence-corrected chi connectivity index (χ3v) is 0.743. The SMILES string of the molecule is [Cl-].[O-]c1ccccc1.[Ti+2]. The molecule has 0 saturated carbocycles. The normalized spacial score (nSPS) is 6.67. The molecule has 0 unspecified atom stereocenters. The zero-order valence-corrected chi connectivity index (χ0v) is 6.99. The molecule has 0 aromatic heterocycles. The van der Waals surface area contributed by atoms with Crippen LogP contribution >= 0.6 is 0 Å². The van der Waals surface area contributed by atoms with E-state index in [-0.39, 0.29) is 39.9 Å². The minimum atomic E-state index is 0. The quantitative estimate of drug-likeness (QED) is 0.410. The predicted octanol–water partition coefficient (Wildman–Crippen LogP) is -2.24. The van der Waals surface area contributed by atoms with E-state index in [4.69, 9.17) is 0 Å². The van der Waals surface area contributed by atoms with Gasteiger partial charge in [-0.05, 0) is 0 Å². The molecule has 0 atom stereocenters. The second-order valence-corrected chi connectivity index (χ2v) is 1.31. The Hall–Kier alpha value is 0.0243. The first-order valence-electron chi connectivity index (χ1n) is 2.11. The molecule has 1 rings (SSSR count). The smallest absolute Gasteiger partial charge is 1.00 e. The van der Waals surface area contributed by atoms with E-state index in [2.05, 4.69) is 0 Å². The summed E-state index contributed by atoms with van der Waals surface area (Å²) in [6.07, 6.45) is 0. The van der Waals surface area contributed by atoms with Crippen LogP contribution in [0.25, 0.3) is 0 Å². The molecule has 0 aliphatic carbocycles. The summed E-state index contributed by atoms with van der Waals surface area (Å²) in [4.78, 5) is 0. The van der Waals surface area contributed by atoms with Crippen LogP contribution in [0.3, 0.4) is 0 Å². The summed E-state index contributed by atoms with van der Waals surface area (Å²) in [5.41, 5.74) is 0. The second-order valence-electron chi connectivity index (χ2n) is 1.31. The molecule has 0 fully saturated rings. The summed E-state index contributed by atoms with van der Waals surface area (Å²) < 4.78 is 0. The Balaban J connectivity index is 0. The number of para-hydroxylation sites is 1. The van der Waals surface area contributed by atoms with E-state index in [1.807, 2.05) is 6.07 Å². The Morgan fingerprint density at radius 1 is 1.00 bits per heavy atom. The van der Waals surface area contributed by atoms with Crippen LogP contribution in [-0.4, -0.2) is 0 Å². The summed E-state index contributed by atoms with van der Waals surface area (Å²) in [6, 6.07) is 8.33. The third kappa shape index (κ3) is 4.52. The average Bonchev–Trinajstić information content (AvgIpc) is 1.69. The molecule has 1 aromatic rings. The van der Waals surface area contributed by atoms with Crippen molar-refractivity contribution in [2.24, 2.45) is 0 Å². The summed E-state index contributed by atoms with van der Waals surface area (Å²) >= 11 is 0. The molecule has 1 aromatic carbocycles. The van der Waals surface area contributed by atoms with Crippen LogP contribution in [0, 0.1) is 0 Å². The van der Waals surface area contributed by atoms with E-state index in [1.165, 1.54) is 12.1 Å². The Morgan fingerprint density at radius 3 is 1.67 bits per heavy atom. The first kappa shape index (κ1) is 11.8. The van der Waals surface area contributed by atoms with Crippen molar-refractivity contribution in [3.05, 3.63) is 30.3 Å². The molecule has 0 saturated heterocycles. The monoisotopic (exact) mass is 176 g/mol. The molecule has 0 radical (unpaired) electrons. The van der Waals surface area contributed by atoms with E-state index >= 15 is 0 Å². The van der Waals surface area contributed by atoms with Gasteiger partial charge in [-0.25, -0.2) is 0 Å². The Kier molecular flexibility index (Phi) is 8.05. The molecular weight excluding hydrogens is 171 g/mol. The molecule has 0 N–H and O–H groups in total. The molecule has 1 nitrogen and oxygen atoms in total. The summed E-state index contributed by atoms with van der Waals surface area (Å²) in [7, 11) is 0. The van der Waals surface area contributed by atoms with Crippen molar-refractivity contribution in [3.8, 4) is 5.75 Å². The van der Waals surface area contributed by atoms with Gasteiger partial charge in [0.05, 0.1) is 0 Å². The van der Waals surface area contributed by atoms with Gasteiger partial charge in [-0.3, -0.25) is 0 Å². The second kappa shape index (κ2) is 6.15. The average molecular weight is 176 g/mol. The Morgan fingerprint density at radius 2 is 1.44 bits per heavy atom. The number of rotatable bonds is 0. The molecule has 0 spiro atoms. The van der Waals surface area contributed by atoms with E-state index in [9.17, 15) is 5.11 Å². The number of benzene rings is 1. The van der Waals surface area contributed by atoms with Gasteiger partial charge in [-0.1, -0.05) is 30.3 Å². The van der Waals surface area contributed by atoms with Crippen LogP contribution in [0.4, 0.5) is 0 Å². The minimum Gasteiger partial charge on any atom is -1.00 e. The van der Waals surface area contributed by atoms with E-state index in [1.54, 1.807) is 12.1 Å². The molecule has 0 aliphatic heterocycles. The van der Waals surface area contributed by atoms with Gasteiger partial charge in [-0.2, -0.15) is 0 Å². The summed E-state index contributed by atoms with van der Waals surface area (Å²) in [6.45, 7) is 0. The molecule has 0 aliphatic rings. The van der Waals surface area contributed by atoms with E-state index < -0.39 is 0 Å². The Labute approximate surface area is 75.4 Å². The van der Waals surface area contributed by atoms with Gasteiger partial charge >= 0.3 is 21.7 Å². The van der Waals surface area contributed by atoms with Crippen LogP contribution in [0.1, 0.15) is 0 Å². The van der Waals surface area contributed by atoms with Crippen LogP contribution in [0.5, 0.6) is 5.75 Å². The fraction of sp³-hybridized carbons (Fsp3) is 0. The van der Waals surface area contributed by atoms with Gasteiger partial charge < -0.3 is 17.5 Å². The minimum absolute atomic E-state index is 0. The maximum Gasteiger partial charge on any atom is 2.00 e. The van der Waals surface area contributed by atoms with Crippen LogP contribution < -0.4 is 17.5 Å². The van der Waals surface area contributed by atoms with E-state index in [0.717, 1.165) is 0 Å². The van der Waals surface area contributed by atoms with Crippen molar-refractivity contribution in [2.45, 2.75) is 0 Å². The van der Waals surface area contributed by atoms with Gasteiger partial charge in [0.25, 0.3) is 0 Å². The predicted molar refractivity (Wildman–Crippen MR) is 25.9 cm³/mol.